The van der Waals surface area contributed by atoms with Gasteiger partial charge in [-0.2, -0.15) is 0 Å². The molecule has 1 amide bonds. The number of rotatable bonds is 3. The lowest BCUT2D eigenvalue weighted by Gasteiger charge is -2.15. The van der Waals surface area contributed by atoms with Crippen molar-refractivity contribution in [3.63, 3.8) is 0 Å². The van der Waals surface area contributed by atoms with Crippen LogP contribution in [0.2, 0.25) is 0 Å². The predicted octanol–water partition coefficient (Wildman–Crippen LogP) is 2.15. The third kappa shape index (κ3) is 2.52. The third-order valence-electron chi connectivity index (χ3n) is 2.48. The molecular weight excluding hydrogens is 206 g/mol. The van der Waals surface area contributed by atoms with Crippen LogP contribution in [-0.2, 0) is 4.84 Å². The predicted molar refractivity (Wildman–Crippen MR) is 61.3 cm³/mol. The van der Waals surface area contributed by atoms with Gasteiger partial charge in [-0.05, 0) is 23.6 Å². The number of carbonyl (C=O) groups is 1. The Balaban J connectivity index is 3.04. The molecule has 0 atom stereocenters. The van der Waals surface area contributed by atoms with E-state index in [1.165, 1.54) is 14.2 Å². The number of nitrogens with zero attached hydrogens (tertiary/aromatic N) is 1. The zero-order valence-corrected chi connectivity index (χ0v) is 10.0. The van der Waals surface area contributed by atoms with Gasteiger partial charge in [0.05, 0.1) is 12.7 Å². The SMILES string of the molecule is CON(C)C(=O)c1ccc(C(C)C)cc1O. The Kier molecular flexibility index (Phi) is 3.90. The van der Waals surface area contributed by atoms with E-state index in [9.17, 15) is 9.90 Å². The third-order valence-corrected chi connectivity index (χ3v) is 2.48. The molecule has 1 aromatic rings. The quantitative estimate of drug-likeness (QED) is 0.799. The van der Waals surface area contributed by atoms with E-state index in [4.69, 9.17) is 4.84 Å². The van der Waals surface area contributed by atoms with Crippen molar-refractivity contribution < 1.29 is 14.7 Å². The number of carbonyl (C=O) groups excluding carboxylic acids is 1. The summed E-state index contributed by atoms with van der Waals surface area (Å²) < 4.78 is 0. The summed E-state index contributed by atoms with van der Waals surface area (Å²) in [6.07, 6.45) is 0. The van der Waals surface area contributed by atoms with Gasteiger partial charge in [-0.3, -0.25) is 9.63 Å². The molecule has 0 saturated carbocycles. The Bertz CT molecular complexity index is 388. The second-order valence-electron chi connectivity index (χ2n) is 3.92. The highest BCUT2D eigenvalue weighted by Gasteiger charge is 2.16. The summed E-state index contributed by atoms with van der Waals surface area (Å²) in [7, 11) is 2.90. The fourth-order valence-corrected chi connectivity index (χ4v) is 1.34. The number of hydrogen-bond donors (Lipinski definition) is 1. The van der Waals surface area contributed by atoms with Crippen LogP contribution in [0, 0.1) is 0 Å². The molecule has 1 rings (SSSR count). The maximum atomic E-state index is 11.7. The Labute approximate surface area is 95.4 Å². The Hall–Kier alpha value is -1.55. The average Bonchev–Trinajstić information content (AvgIpc) is 2.26. The minimum absolute atomic E-state index is 0.0138. The minimum atomic E-state index is -0.365. The van der Waals surface area contributed by atoms with Crippen LogP contribution in [-0.4, -0.2) is 30.2 Å². The molecule has 0 aromatic heterocycles. The second-order valence-corrected chi connectivity index (χ2v) is 3.92. The lowest BCUT2D eigenvalue weighted by molar-refractivity contribution is -0.0758. The van der Waals surface area contributed by atoms with Crippen molar-refractivity contribution in [2.75, 3.05) is 14.2 Å². The number of hydrogen-bond acceptors (Lipinski definition) is 3. The highest BCUT2D eigenvalue weighted by atomic mass is 16.7. The van der Waals surface area contributed by atoms with Crippen LogP contribution in [0.1, 0.15) is 35.7 Å². The van der Waals surface area contributed by atoms with Crippen molar-refractivity contribution in [1.82, 2.24) is 5.06 Å². The van der Waals surface area contributed by atoms with Crippen LogP contribution in [0.5, 0.6) is 5.75 Å². The molecule has 0 aliphatic heterocycles. The van der Waals surface area contributed by atoms with E-state index in [0.717, 1.165) is 10.6 Å². The van der Waals surface area contributed by atoms with Crippen LogP contribution in [0.3, 0.4) is 0 Å². The molecule has 88 valence electrons. The molecule has 0 aliphatic rings. The molecule has 0 bridgehead atoms. The van der Waals surface area contributed by atoms with Gasteiger partial charge in [0.25, 0.3) is 5.91 Å². The van der Waals surface area contributed by atoms with Gasteiger partial charge < -0.3 is 5.11 Å². The summed E-state index contributed by atoms with van der Waals surface area (Å²) in [5.74, 6) is -0.0642. The first kappa shape index (κ1) is 12.5. The van der Waals surface area contributed by atoms with E-state index in [2.05, 4.69) is 0 Å². The van der Waals surface area contributed by atoms with Gasteiger partial charge in [-0.25, -0.2) is 5.06 Å². The maximum absolute atomic E-state index is 11.7. The Morgan fingerprint density at radius 3 is 2.50 bits per heavy atom. The van der Waals surface area contributed by atoms with Crippen LogP contribution >= 0.6 is 0 Å². The van der Waals surface area contributed by atoms with Gasteiger partial charge in [0.15, 0.2) is 0 Å². The number of hydroxylamine groups is 2. The number of benzene rings is 1. The standard InChI is InChI=1S/C12H17NO3/c1-8(2)9-5-6-10(11(14)7-9)12(15)13(3)16-4/h5-8,14H,1-4H3. The fraction of sp³-hybridized carbons (Fsp3) is 0.417. The topological polar surface area (TPSA) is 49.8 Å². The van der Waals surface area contributed by atoms with Gasteiger partial charge >= 0.3 is 0 Å². The molecule has 0 fully saturated rings. The van der Waals surface area contributed by atoms with Crippen LogP contribution < -0.4 is 0 Å². The molecule has 4 heteroatoms. The molecule has 0 heterocycles. The van der Waals surface area contributed by atoms with Gasteiger partial charge in [-0.1, -0.05) is 19.9 Å². The highest BCUT2D eigenvalue weighted by Crippen LogP contribution is 2.24. The van der Waals surface area contributed by atoms with E-state index in [0.29, 0.717) is 5.92 Å². The fourth-order valence-electron chi connectivity index (χ4n) is 1.34. The molecule has 0 spiro atoms. The molecule has 0 unspecified atom stereocenters. The molecule has 0 saturated heterocycles. The molecule has 0 aliphatic carbocycles. The molecular formula is C12H17NO3. The van der Waals surface area contributed by atoms with Crippen molar-refractivity contribution >= 4 is 5.91 Å². The van der Waals surface area contributed by atoms with Crippen molar-refractivity contribution in [2.24, 2.45) is 0 Å². The maximum Gasteiger partial charge on any atom is 0.280 e. The lowest BCUT2D eigenvalue weighted by Crippen LogP contribution is -2.25. The Morgan fingerprint density at radius 1 is 1.44 bits per heavy atom. The molecule has 16 heavy (non-hydrogen) atoms. The monoisotopic (exact) mass is 223 g/mol. The van der Waals surface area contributed by atoms with Crippen molar-refractivity contribution in [2.45, 2.75) is 19.8 Å². The second kappa shape index (κ2) is 4.99. The Morgan fingerprint density at radius 2 is 2.06 bits per heavy atom. The summed E-state index contributed by atoms with van der Waals surface area (Å²) in [4.78, 5) is 16.5. The van der Waals surface area contributed by atoms with Crippen LogP contribution in [0.15, 0.2) is 18.2 Å². The lowest BCUT2D eigenvalue weighted by atomic mass is 10.0. The number of phenolic OH excluding ortho intramolecular Hbond substituents is 1. The molecule has 1 aromatic carbocycles. The largest absolute Gasteiger partial charge is 0.507 e. The molecule has 0 radical (unpaired) electrons. The van der Waals surface area contributed by atoms with E-state index in [1.54, 1.807) is 12.1 Å². The average molecular weight is 223 g/mol. The van der Waals surface area contributed by atoms with E-state index < -0.39 is 0 Å². The summed E-state index contributed by atoms with van der Waals surface area (Å²) in [5, 5.41) is 10.8. The minimum Gasteiger partial charge on any atom is -0.507 e. The smallest absolute Gasteiger partial charge is 0.280 e. The zero-order chi connectivity index (χ0) is 12.3. The summed E-state index contributed by atoms with van der Waals surface area (Å²) in [6, 6.07) is 5.06. The number of amides is 1. The first-order valence-electron chi connectivity index (χ1n) is 5.12. The van der Waals surface area contributed by atoms with Gasteiger partial charge in [-0.15, -0.1) is 0 Å². The highest BCUT2D eigenvalue weighted by molar-refractivity contribution is 5.96. The van der Waals surface area contributed by atoms with Crippen LogP contribution in [0.4, 0.5) is 0 Å². The zero-order valence-electron chi connectivity index (χ0n) is 10.0. The first-order chi connectivity index (χ1) is 7.47. The van der Waals surface area contributed by atoms with E-state index in [1.807, 2.05) is 19.9 Å². The molecule has 4 nitrogen and oxygen atoms in total. The summed E-state index contributed by atoms with van der Waals surface area (Å²) in [5.41, 5.74) is 1.24. The van der Waals surface area contributed by atoms with Crippen molar-refractivity contribution in [3.8, 4) is 5.75 Å². The van der Waals surface area contributed by atoms with Crippen molar-refractivity contribution in [3.05, 3.63) is 29.3 Å². The first-order valence-corrected chi connectivity index (χ1v) is 5.12. The van der Waals surface area contributed by atoms with E-state index >= 15 is 0 Å². The van der Waals surface area contributed by atoms with Crippen molar-refractivity contribution in [1.29, 1.82) is 0 Å². The molecule has 1 N–H and O–H groups in total. The van der Waals surface area contributed by atoms with Gasteiger partial charge in [0, 0.05) is 7.05 Å². The van der Waals surface area contributed by atoms with E-state index in [-0.39, 0.29) is 17.2 Å². The summed E-state index contributed by atoms with van der Waals surface area (Å²) in [6.45, 7) is 4.05. The van der Waals surface area contributed by atoms with Crippen LogP contribution in [0.25, 0.3) is 0 Å². The number of phenols is 1. The van der Waals surface area contributed by atoms with Gasteiger partial charge in [0.2, 0.25) is 0 Å². The normalized spacial score (nSPS) is 10.6. The number of aromatic hydroxyl groups is 1. The van der Waals surface area contributed by atoms with Gasteiger partial charge in [0.1, 0.15) is 5.75 Å². The summed E-state index contributed by atoms with van der Waals surface area (Å²) >= 11 is 0.